The van der Waals surface area contributed by atoms with Crippen LogP contribution < -0.4 is 10.6 Å². The zero-order valence-corrected chi connectivity index (χ0v) is 14.0. The Hall–Kier alpha value is -1.81. The Morgan fingerprint density at radius 1 is 1.04 bits per heavy atom. The molecule has 23 heavy (non-hydrogen) atoms. The molecule has 0 saturated heterocycles. The molecule has 1 aliphatic rings. The largest absolute Gasteiger partial charge is 0.356 e. The first-order valence-corrected chi connectivity index (χ1v) is 8.51. The summed E-state index contributed by atoms with van der Waals surface area (Å²) >= 11 is 5.78. The third-order valence-electron chi connectivity index (χ3n) is 3.90. The van der Waals surface area contributed by atoms with Gasteiger partial charge in [0.25, 0.3) is 5.91 Å². The van der Waals surface area contributed by atoms with Crippen LogP contribution in [0.3, 0.4) is 0 Å². The van der Waals surface area contributed by atoms with Crippen LogP contribution in [0.25, 0.3) is 0 Å². The van der Waals surface area contributed by atoms with E-state index < -0.39 is 0 Å². The van der Waals surface area contributed by atoms with Crippen molar-refractivity contribution in [2.45, 2.75) is 38.5 Å². The summed E-state index contributed by atoms with van der Waals surface area (Å²) in [5, 5.41) is 6.23. The summed E-state index contributed by atoms with van der Waals surface area (Å²) in [6.45, 7) is 1.01. The van der Waals surface area contributed by atoms with Crippen LogP contribution in [0, 0.1) is 0 Å². The first kappa shape index (κ1) is 17.5. The maximum atomic E-state index is 11.9. The zero-order chi connectivity index (χ0) is 16.5. The monoisotopic (exact) mass is 334 g/mol. The van der Waals surface area contributed by atoms with Crippen molar-refractivity contribution in [2.24, 2.45) is 0 Å². The summed E-state index contributed by atoms with van der Waals surface area (Å²) in [5.41, 5.74) is 1.99. The average Bonchev–Trinajstić information content (AvgIpc) is 2.56. The molecule has 0 atom stereocenters. The van der Waals surface area contributed by atoms with Crippen molar-refractivity contribution in [3.8, 4) is 0 Å². The van der Waals surface area contributed by atoms with Gasteiger partial charge in [0.1, 0.15) is 0 Å². The van der Waals surface area contributed by atoms with E-state index in [4.69, 9.17) is 11.6 Å². The van der Waals surface area contributed by atoms with Crippen LogP contribution in [-0.2, 0) is 4.79 Å². The summed E-state index contributed by atoms with van der Waals surface area (Å²) < 4.78 is 0. The number of hydrogen-bond acceptors (Lipinski definition) is 2. The predicted octanol–water partition coefficient (Wildman–Crippen LogP) is 3.47. The number of nitrogens with one attached hydrogen (secondary N) is 2. The number of hydrogen-bond donors (Lipinski definition) is 2. The van der Waals surface area contributed by atoms with Gasteiger partial charge in [0.15, 0.2) is 0 Å². The Labute approximate surface area is 142 Å². The van der Waals surface area contributed by atoms with E-state index in [0.717, 1.165) is 12.8 Å². The Bertz CT molecular complexity index is 567. The number of carbonyl (C=O) groups excluding carboxylic acids is 2. The summed E-state index contributed by atoms with van der Waals surface area (Å²) in [5.74, 6) is -0.223. The molecule has 0 spiro atoms. The second kappa shape index (κ2) is 9.36. The third kappa shape index (κ3) is 6.45. The van der Waals surface area contributed by atoms with Gasteiger partial charge in [0, 0.05) is 30.1 Å². The zero-order valence-electron chi connectivity index (χ0n) is 13.2. The number of amides is 2. The molecule has 2 amide bonds. The molecule has 124 valence electrons. The van der Waals surface area contributed by atoms with Crippen molar-refractivity contribution < 1.29 is 9.59 Å². The molecule has 4 nitrogen and oxygen atoms in total. The summed E-state index contributed by atoms with van der Waals surface area (Å²) in [6, 6.07) is 6.66. The van der Waals surface area contributed by atoms with Gasteiger partial charge in [-0.1, -0.05) is 23.3 Å². The maximum absolute atomic E-state index is 11.9. The molecule has 0 aromatic heterocycles. The molecule has 0 bridgehead atoms. The molecule has 0 saturated carbocycles. The minimum atomic E-state index is -0.193. The van der Waals surface area contributed by atoms with Crippen molar-refractivity contribution in [1.82, 2.24) is 10.6 Å². The molecule has 1 aromatic rings. The molecule has 2 N–H and O–H groups in total. The van der Waals surface area contributed by atoms with E-state index in [9.17, 15) is 9.59 Å². The lowest BCUT2D eigenvalue weighted by molar-refractivity contribution is -0.120. The standard InChI is InChI=1S/C18H23ClN2O2/c19-16-8-6-15(7-9-16)18(23)21-13-11-17(22)20-12-10-14-4-2-1-3-5-14/h4,6-9H,1-3,5,10-13H2,(H,20,22)(H,21,23). The normalized spacial score (nSPS) is 14.0. The van der Waals surface area contributed by atoms with Crippen LogP contribution in [0.15, 0.2) is 35.9 Å². The van der Waals surface area contributed by atoms with Crippen LogP contribution >= 0.6 is 11.6 Å². The van der Waals surface area contributed by atoms with E-state index >= 15 is 0 Å². The number of carbonyl (C=O) groups is 2. The molecule has 0 unspecified atom stereocenters. The number of rotatable bonds is 7. The van der Waals surface area contributed by atoms with E-state index in [1.165, 1.54) is 24.8 Å². The minimum absolute atomic E-state index is 0.0298. The van der Waals surface area contributed by atoms with Gasteiger partial charge in [0.2, 0.25) is 5.91 Å². The Morgan fingerprint density at radius 3 is 2.52 bits per heavy atom. The van der Waals surface area contributed by atoms with Gasteiger partial charge in [0.05, 0.1) is 0 Å². The lowest BCUT2D eigenvalue weighted by Crippen LogP contribution is -2.31. The fourth-order valence-electron chi connectivity index (χ4n) is 2.58. The lowest BCUT2D eigenvalue weighted by Gasteiger charge is -2.13. The van der Waals surface area contributed by atoms with Gasteiger partial charge < -0.3 is 10.6 Å². The smallest absolute Gasteiger partial charge is 0.251 e. The van der Waals surface area contributed by atoms with Crippen molar-refractivity contribution in [2.75, 3.05) is 13.1 Å². The van der Waals surface area contributed by atoms with Crippen molar-refractivity contribution in [1.29, 1.82) is 0 Å². The first-order chi connectivity index (χ1) is 11.1. The molecule has 2 rings (SSSR count). The number of halogens is 1. The van der Waals surface area contributed by atoms with Gasteiger partial charge in [-0.15, -0.1) is 0 Å². The highest BCUT2D eigenvalue weighted by Crippen LogP contribution is 2.19. The van der Waals surface area contributed by atoms with E-state index in [0.29, 0.717) is 30.1 Å². The fraction of sp³-hybridized carbons (Fsp3) is 0.444. The van der Waals surface area contributed by atoms with Gasteiger partial charge >= 0.3 is 0 Å². The predicted molar refractivity (Wildman–Crippen MR) is 92.6 cm³/mol. The van der Waals surface area contributed by atoms with Gasteiger partial charge in [-0.2, -0.15) is 0 Å². The molecule has 1 aromatic carbocycles. The van der Waals surface area contributed by atoms with Crippen LogP contribution in [0.5, 0.6) is 0 Å². The van der Waals surface area contributed by atoms with Gasteiger partial charge in [-0.05, 0) is 56.4 Å². The highest BCUT2D eigenvalue weighted by atomic mass is 35.5. The van der Waals surface area contributed by atoms with E-state index in [-0.39, 0.29) is 11.8 Å². The lowest BCUT2D eigenvalue weighted by atomic mass is 9.97. The third-order valence-corrected chi connectivity index (χ3v) is 4.15. The molecule has 0 radical (unpaired) electrons. The second-order valence-corrected chi connectivity index (χ2v) is 6.16. The molecule has 1 aliphatic carbocycles. The Kier molecular flexibility index (Phi) is 7.14. The minimum Gasteiger partial charge on any atom is -0.356 e. The maximum Gasteiger partial charge on any atom is 0.251 e. The molecule has 0 aliphatic heterocycles. The quantitative estimate of drug-likeness (QED) is 0.750. The molecule has 0 fully saturated rings. The van der Waals surface area contributed by atoms with Crippen molar-refractivity contribution >= 4 is 23.4 Å². The molecular formula is C18H23ClN2O2. The first-order valence-electron chi connectivity index (χ1n) is 8.13. The number of allylic oxidation sites excluding steroid dienone is 1. The Morgan fingerprint density at radius 2 is 1.83 bits per heavy atom. The number of benzene rings is 1. The topological polar surface area (TPSA) is 58.2 Å². The molecular weight excluding hydrogens is 312 g/mol. The van der Waals surface area contributed by atoms with Crippen LogP contribution in [0.2, 0.25) is 5.02 Å². The Balaban J connectivity index is 1.59. The van der Waals surface area contributed by atoms with Gasteiger partial charge in [-0.3, -0.25) is 9.59 Å². The summed E-state index contributed by atoms with van der Waals surface area (Å²) in [6.07, 6.45) is 8.38. The van der Waals surface area contributed by atoms with E-state index in [2.05, 4.69) is 16.7 Å². The average molecular weight is 335 g/mol. The van der Waals surface area contributed by atoms with Crippen molar-refractivity contribution in [3.63, 3.8) is 0 Å². The SMILES string of the molecule is O=C(CCNC(=O)c1ccc(Cl)cc1)NCCC1=CCCCC1. The molecule has 0 heterocycles. The highest BCUT2D eigenvalue weighted by molar-refractivity contribution is 6.30. The van der Waals surface area contributed by atoms with Crippen LogP contribution in [-0.4, -0.2) is 24.9 Å². The van der Waals surface area contributed by atoms with E-state index in [1.54, 1.807) is 24.3 Å². The van der Waals surface area contributed by atoms with Gasteiger partial charge in [-0.25, -0.2) is 0 Å². The fourth-order valence-corrected chi connectivity index (χ4v) is 2.70. The summed E-state index contributed by atoms with van der Waals surface area (Å²) in [4.78, 5) is 23.6. The highest BCUT2D eigenvalue weighted by Gasteiger charge is 2.07. The second-order valence-electron chi connectivity index (χ2n) is 5.72. The molecule has 5 heteroatoms. The van der Waals surface area contributed by atoms with E-state index in [1.807, 2.05) is 0 Å². The summed E-state index contributed by atoms with van der Waals surface area (Å²) in [7, 11) is 0. The van der Waals surface area contributed by atoms with Crippen LogP contribution in [0.4, 0.5) is 0 Å². The van der Waals surface area contributed by atoms with Crippen molar-refractivity contribution in [3.05, 3.63) is 46.5 Å². The van der Waals surface area contributed by atoms with Crippen LogP contribution in [0.1, 0.15) is 48.9 Å².